The van der Waals surface area contributed by atoms with Crippen LogP contribution in [-0.2, 0) is 6.54 Å². The Bertz CT molecular complexity index is 587. The van der Waals surface area contributed by atoms with E-state index in [1.54, 1.807) is 23.7 Å². The highest BCUT2D eigenvalue weighted by molar-refractivity contribution is 7.12. The number of rotatable bonds is 5. The number of pyridine rings is 1. The summed E-state index contributed by atoms with van der Waals surface area (Å²) < 4.78 is 0. The molecule has 20 heavy (non-hydrogen) atoms. The number of carbonyl (C=O) groups is 1. The molecule has 0 saturated carbocycles. The lowest BCUT2D eigenvalue weighted by Crippen LogP contribution is -2.23. The number of aromatic nitrogens is 1. The predicted octanol–water partition coefficient (Wildman–Crippen LogP) is 3.12. The summed E-state index contributed by atoms with van der Waals surface area (Å²) in [6, 6.07) is 3.94. The van der Waals surface area contributed by atoms with E-state index in [0.29, 0.717) is 12.1 Å². The molecule has 0 saturated heterocycles. The van der Waals surface area contributed by atoms with Gasteiger partial charge in [0.25, 0.3) is 5.91 Å². The maximum Gasteiger partial charge on any atom is 0.255 e. The number of thiophene rings is 1. The predicted molar refractivity (Wildman–Crippen MR) is 83.4 cm³/mol. The van der Waals surface area contributed by atoms with Crippen molar-refractivity contribution in [1.82, 2.24) is 10.3 Å². The molecule has 0 spiro atoms. The van der Waals surface area contributed by atoms with Gasteiger partial charge in [0.1, 0.15) is 0 Å². The van der Waals surface area contributed by atoms with Gasteiger partial charge in [0.2, 0.25) is 0 Å². The molecule has 106 valence electrons. The molecule has 4 nitrogen and oxygen atoms in total. The molecule has 0 aliphatic carbocycles. The number of nitrogens with zero attached hydrogens (tertiary/aromatic N) is 1. The lowest BCUT2D eigenvalue weighted by molar-refractivity contribution is 0.0951. The molecule has 0 aromatic carbocycles. The van der Waals surface area contributed by atoms with Gasteiger partial charge in [0, 0.05) is 28.7 Å². The summed E-state index contributed by atoms with van der Waals surface area (Å²) in [6.45, 7) is 7.50. The highest BCUT2D eigenvalue weighted by atomic mass is 32.1. The van der Waals surface area contributed by atoms with Crippen molar-refractivity contribution in [3.8, 4) is 0 Å². The van der Waals surface area contributed by atoms with E-state index in [-0.39, 0.29) is 5.91 Å². The molecule has 0 fully saturated rings. The number of carbonyl (C=O) groups excluding carboxylic acids is 1. The molecule has 1 amide bonds. The maximum absolute atomic E-state index is 12.2. The van der Waals surface area contributed by atoms with E-state index in [4.69, 9.17) is 0 Å². The quantitative estimate of drug-likeness (QED) is 0.889. The summed E-state index contributed by atoms with van der Waals surface area (Å²) in [6.07, 6.45) is 3.28. The van der Waals surface area contributed by atoms with Crippen molar-refractivity contribution >= 4 is 22.9 Å². The zero-order valence-electron chi connectivity index (χ0n) is 12.0. The molecular weight excluding hydrogens is 270 g/mol. The van der Waals surface area contributed by atoms with Gasteiger partial charge in [-0.1, -0.05) is 0 Å². The number of anilines is 1. The van der Waals surface area contributed by atoms with Crippen molar-refractivity contribution in [2.75, 3.05) is 11.9 Å². The number of hydrogen-bond acceptors (Lipinski definition) is 4. The second-order valence-electron chi connectivity index (χ2n) is 4.59. The van der Waals surface area contributed by atoms with Gasteiger partial charge in [0.05, 0.1) is 17.8 Å². The summed E-state index contributed by atoms with van der Waals surface area (Å²) in [4.78, 5) is 18.7. The van der Waals surface area contributed by atoms with E-state index in [1.165, 1.54) is 15.3 Å². The van der Waals surface area contributed by atoms with Gasteiger partial charge >= 0.3 is 0 Å². The highest BCUT2D eigenvalue weighted by Gasteiger charge is 2.11. The van der Waals surface area contributed by atoms with Crippen LogP contribution in [0.2, 0.25) is 0 Å². The normalized spacial score (nSPS) is 10.3. The number of aryl methyl sites for hydroxylation is 2. The smallest absolute Gasteiger partial charge is 0.255 e. The van der Waals surface area contributed by atoms with Crippen LogP contribution in [0, 0.1) is 13.8 Å². The van der Waals surface area contributed by atoms with Crippen LogP contribution in [-0.4, -0.2) is 17.4 Å². The third-order valence-electron chi connectivity index (χ3n) is 3.07. The fraction of sp³-hybridized carbons (Fsp3) is 0.333. The van der Waals surface area contributed by atoms with Crippen LogP contribution in [0.15, 0.2) is 24.5 Å². The number of hydrogen-bond donors (Lipinski definition) is 2. The van der Waals surface area contributed by atoms with E-state index in [9.17, 15) is 4.79 Å². The van der Waals surface area contributed by atoms with E-state index in [1.807, 2.05) is 13.0 Å². The Labute approximate surface area is 123 Å². The molecular formula is C15H19N3OS. The van der Waals surface area contributed by atoms with Gasteiger partial charge in [-0.05, 0) is 38.5 Å². The van der Waals surface area contributed by atoms with Crippen LogP contribution in [0.5, 0.6) is 0 Å². The van der Waals surface area contributed by atoms with Gasteiger partial charge in [-0.2, -0.15) is 0 Å². The van der Waals surface area contributed by atoms with Crippen LogP contribution in [0.1, 0.15) is 32.6 Å². The molecule has 2 heterocycles. The summed E-state index contributed by atoms with van der Waals surface area (Å²) in [5.74, 6) is -0.0993. The van der Waals surface area contributed by atoms with Gasteiger partial charge in [-0.15, -0.1) is 11.3 Å². The average molecular weight is 289 g/mol. The van der Waals surface area contributed by atoms with E-state index in [2.05, 4.69) is 35.5 Å². The molecule has 2 aromatic rings. The van der Waals surface area contributed by atoms with Crippen molar-refractivity contribution in [2.24, 2.45) is 0 Å². The van der Waals surface area contributed by atoms with E-state index >= 15 is 0 Å². The Morgan fingerprint density at radius 2 is 2.20 bits per heavy atom. The largest absolute Gasteiger partial charge is 0.385 e. The number of amides is 1. The van der Waals surface area contributed by atoms with Gasteiger partial charge in [0.15, 0.2) is 0 Å². The minimum atomic E-state index is -0.0993. The van der Waals surface area contributed by atoms with Crippen LogP contribution in [0.3, 0.4) is 0 Å². The summed E-state index contributed by atoms with van der Waals surface area (Å²) >= 11 is 1.72. The molecule has 0 bridgehead atoms. The molecule has 0 aliphatic heterocycles. The summed E-state index contributed by atoms with van der Waals surface area (Å²) in [5, 5.41) is 6.12. The second-order valence-corrected chi connectivity index (χ2v) is 5.93. The Morgan fingerprint density at radius 1 is 1.40 bits per heavy atom. The first-order chi connectivity index (χ1) is 9.61. The molecule has 2 aromatic heterocycles. The molecule has 0 aliphatic rings. The Kier molecular flexibility index (Phi) is 4.74. The fourth-order valence-corrected chi connectivity index (χ4v) is 2.91. The van der Waals surface area contributed by atoms with Crippen LogP contribution in [0.4, 0.5) is 5.69 Å². The Morgan fingerprint density at radius 3 is 2.85 bits per heavy atom. The van der Waals surface area contributed by atoms with Crippen LogP contribution >= 0.6 is 11.3 Å². The standard InChI is InChI=1S/C15H19N3OS/c1-4-17-14-5-6-16-9-13(14)15(19)18-8-12-7-10(2)11(3)20-12/h5-7,9H,4,8H2,1-3H3,(H,16,17)(H,18,19). The maximum atomic E-state index is 12.2. The van der Waals surface area contributed by atoms with Crippen LogP contribution in [0.25, 0.3) is 0 Å². The SMILES string of the molecule is CCNc1ccncc1C(=O)NCc1cc(C)c(C)s1. The monoisotopic (exact) mass is 289 g/mol. The summed E-state index contributed by atoms with van der Waals surface area (Å²) in [5.41, 5.74) is 2.67. The van der Waals surface area contributed by atoms with Gasteiger partial charge in [-0.3, -0.25) is 9.78 Å². The molecule has 0 unspecified atom stereocenters. The molecule has 2 rings (SSSR count). The molecule has 0 radical (unpaired) electrons. The lowest BCUT2D eigenvalue weighted by Gasteiger charge is -2.09. The number of nitrogens with one attached hydrogen (secondary N) is 2. The topological polar surface area (TPSA) is 54.0 Å². The van der Waals surface area contributed by atoms with Crippen molar-refractivity contribution in [1.29, 1.82) is 0 Å². The third kappa shape index (κ3) is 3.36. The molecule has 5 heteroatoms. The first-order valence-corrected chi connectivity index (χ1v) is 7.45. The van der Waals surface area contributed by atoms with Gasteiger partial charge in [-0.25, -0.2) is 0 Å². The zero-order chi connectivity index (χ0) is 14.5. The van der Waals surface area contributed by atoms with Crippen molar-refractivity contribution in [2.45, 2.75) is 27.3 Å². The Balaban J connectivity index is 2.05. The zero-order valence-corrected chi connectivity index (χ0v) is 12.8. The van der Waals surface area contributed by atoms with Crippen molar-refractivity contribution < 1.29 is 4.79 Å². The lowest BCUT2D eigenvalue weighted by atomic mass is 10.2. The summed E-state index contributed by atoms with van der Waals surface area (Å²) in [7, 11) is 0. The highest BCUT2D eigenvalue weighted by Crippen LogP contribution is 2.20. The second kappa shape index (κ2) is 6.52. The third-order valence-corrected chi connectivity index (χ3v) is 4.23. The average Bonchev–Trinajstić information content (AvgIpc) is 2.76. The van der Waals surface area contributed by atoms with E-state index in [0.717, 1.165) is 12.2 Å². The van der Waals surface area contributed by atoms with E-state index < -0.39 is 0 Å². The first kappa shape index (κ1) is 14.5. The Hall–Kier alpha value is -1.88. The molecule has 2 N–H and O–H groups in total. The van der Waals surface area contributed by atoms with Crippen molar-refractivity contribution in [3.05, 3.63) is 45.4 Å². The minimum Gasteiger partial charge on any atom is -0.385 e. The van der Waals surface area contributed by atoms with Crippen molar-refractivity contribution in [3.63, 3.8) is 0 Å². The molecule has 0 atom stereocenters. The minimum absolute atomic E-state index is 0.0993. The fourth-order valence-electron chi connectivity index (χ4n) is 1.92. The van der Waals surface area contributed by atoms with Gasteiger partial charge < -0.3 is 10.6 Å². The first-order valence-electron chi connectivity index (χ1n) is 6.63. The van der Waals surface area contributed by atoms with Crippen LogP contribution < -0.4 is 10.6 Å².